The van der Waals surface area contributed by atoms with Gasteiger partial charge in [-0.1, -0.05) is 50.8 Å². The third-order valence-corrected chi connectivity index (χ3v) is 7.73. The zero-order valence-electron chi connectivity index (χ0n) is 14.8. The lowest BCUT2D eigenvalue weighted by atomic mass is 9.92. The van der Waals surface area contributed by atoms with Crippen LogP contribution in [0.1, 0.15) is 43.0 Å². The summed E-state index contributed by atoms with van der Waals surface area (Å²) in [5.74, 6) is 0.846. The average molecular weight is 393 g/mol. The van der Waals surface area contributed by atoms with Crippen LogP contribution in [0, 0.1) is 11.8 Å². The smallest absolute Gasteiger partial charge is 0.271 e. The van der Waals surface area contributed by atoms with Gasteiger partial charge in [0.25, 0.3) is 15.9 Å². The van der Waals surface area contributed by atoms with Gasteiger partial charge >= 0.3 is 0 Å². The number of hydrogen-bond donors (Lipinski definition) is 2. The van der Waals surface area contributed by atoms with Crippen molar-refractivity contribution >= 4 is 33.0 Å². The lowest BCUT2D eigenvalue weighted by molar-refractivity contribution is 0.0944. The fourth-order valence-electron chi connectivity index (χ4n) is 3.42. The molecule has 1 aromatic heterocycles. The minimum Gasteiger partial charge on any atom is -0.352 e. The summed E-state index contributed by atoms with van der Waals surface area (Å²) in [4.78, 5) is 12.6. The quantitative estimate of drug-likeness (QED) is 0.745. The summed E-state index contributed by atoms with van der Waals surface area (Å²) in [5.41, 5.74) is 0.637. The Kier molecular flexibility index (Phi) is 5.98. The molecule has 140 valence electrons. The molecule has 1 atom stereocenters. The standard InChI is InChI=1S/C19H24N2O3S2/c1-14(15-7-2-3-8-15)13-20-19(22)16-9-4-5-10-17(16)21-26(23,24)18-11-6-12-25-18/h4-6,9-12,14-15,21H,2-3,7-8,13H2,1H3,(H,20,22). The second-order valence-corrected chi connectivity index (χ2v) is 9.67. The molecule has 1 heterocycles. The Balaban J connectivity index is 1.69. The Hall–Kier alpha value is -1.86. The zero-order chi connectivity index (χ0) is 18.6. The maximum atomic E-state index is 12.6. The summed E-state index contributed by atoms with van der Waals surface area (Å²) in [6, 6.07) is 9.92. The highest BCUT2D eigenvalue weighted by Gasteiger charge is 2.23. The van der Waals surface area contributed by atoms with Crippen LogP contribution >= 0.6 is 11.3 Å². The normalized spacial score (nSPS) is 16.3. The number of anilines is 1. The molecule has 5 nitrogen and oxygen atoms in total. The Bertz CT molecular complexity index is 841. The van der Waals surface area contributed by atoms with E-state index in [0.29, 0.717) is 29.6 Å². The number of amides is 1. The third-order valence-electron chi connectivity index (χ3n) is 4.97. The van der Waals surface area contributed by atoms with Gasteiger partial charge in [0, 0.05) is 6.54 Å². The molecule has 0 spiro atoms. The Labute approximate surface area is 158 Å². The molecule has 1 unspecified atom stereocenters. The van der Waals surface area contributed by atoms with E-state index in [1.165, 1.54) is 25.7 Å². The first-order chi connectivity index (χ1) is 12.5. The van der Waals surface area contributed by atoms with Gasteiger partial charge in [-0.15, -0.1) is 11.3 Å². The summed E-state index contributed by atoms with van der Waals surface area (Å²) in [5, 5.41) is 4.67. The highest BCUT2D eigenvalue weighted by Crippen LogP contribution is 2.31. The van der Waals surface area contributed by atoms with Crippen LogP contribution in [0.5, 0.6) is 0 Å². The number of sulfonamides is 1. The second-order valence-electron chi connectivity index (χ2n) is 6.82. The summed E-state index contributed by atoms with van der Waals surface area (Å²) in [6.45, 7) is 2.77. The van der Waals surface area contributed by atoms with Crippen LogP contribution in [0.4, 0.5) is 5.69 Å². The largest absolute Gasteiger partial charge is 0.352 e. The van der Waals surface area contributed by atoms with E-state index >= 15 is 0 Å². The number of rotatable bonds is 7. The highest BCUT2D eigenvalue weighted by molar-refractivity contribution is 7.94. The van der Waals surface area contributed by atoms with Gasteiger partial charge in [0.2, 0.25) is 0 Å². The van der Waals surface area contributed by atoms with Crippen molar-refractivity contribution in [2.75, 3.05) is 11.3 Å². The van der Waals surface area contributed by atoms with Crippen LogP contribution in [0.2, 0.25) is 0 Å². The van der Waals surface area contributed by atoms with Crippen molar-refractivity contribution in [1.29, 1.82) is 0 Å². The van der Waals surface area contributed by atoms with Crippen molar-refractivity contribution in [3.8, 4) is 0 Å². The van der Waals surface area contributed by atoms with E-state index in [1.54, 1.807) is 41.8 Å². The number of carbonyl (C=O) groups is 1. The lowest BCUT2D eigenvalue weighted by Gasteiger charge is -2.19. The molecule has 1 saturated carbocycles. The van der Waals surface area contributed by atoms with E-state index in [9.17, 15) is 13.2 Å². The number of para-hydroxylation sites is 1. The van der Waals surface area contributed by atoms with Crippen molar-refractivity contribution in [2.24, 2.45) is 11.8 Å². The third kappa shape index (κ3) is 4.45. The average Bonchev–Trinajstić information content (AvgIpc) is 3.33. The molecule has 1 fully saturated rings. The van der Waals surface area contributed by atoms with Crippen molar-refractivity contribution in [2.45, 2.75) is 36.8 Å². The Morgan fingerprint density at radius 2 is 1.92 bits per heavy atom. The number of nitrogens with one attached hydrogen (secondary N) is 2. The minimum atomic E-state index is -3.68. The van der Waals surface area contributed by atoms with Crippen LogP contribution in [0.25, 0.3) is 0 Å². The molecule has 2 aromatic rings. The summed E-state index contributed by atoms with van der Waals surface area (Å²) in [6.07, 6.45) is 5.01. The first-order valence-corrected chi connectivity index (χ1v) is 11.3. The first kappa shape index (κ1) is 18.9. The van der Waals surface area contributed by atoms with Crippen LogP contribution in [0.3, 0.4) is 0 Å². The van der Waals surface area contributed by atoms with E-state index in [4.69, 9.17) is 0 Å². The van der Waals surface area contributed by atoms with Gasteiger partial charge in [0.15, 0.2) is 0 Å². The van der Waals surface area contributed by atoms with Crippen LogP contribution in [0.15, 0.2) is 46.0 Å². The van der Waals surface area contributed by atoms with E-state index in [2.05, 4.69) is 17.0 Å². The second kappa shape index (κ2) is 8.22. The summed E-state index contributed by atoms with van der Waals surface area (Å²) < 4.78 is 27.6. The molecule has 0 saturated heterocycles. The highest BCUT2D eigenvalue weighted by atomic mass is 32.2. The molecular weight excluding hydrogens is 368 g/mol. The predicted octanol–water partition coefficient (Wildman–Crippen LogP) is 4.11. The Morgan fingerprint density at radius 3 is 2.62 bits per heavy atom. The lowest BCUT2D eigenvalue weighted by Crippen LogP contribution is -2.31. The maximum absolute atomic E-state index is 12.6. The SMILES string of the molecule is CC(CNC(=O)c1ccccc1NS(=O)(=O)c1cccs1)C1CCCC1. The fourth-order valence-corrected chi connectivity index (χ4v) is 5.50. The number of benzene rings is 1. The van der Waals surface area contributed by atoms with E-state index in [0.717, 1.165) is 11.3 Å². The van der Waals surface area contributed by atoms with Crippen molar-refractivity contribution < 1.29 is 13.2 Å². The number of thiophene rings is 1. The van der Waals surface area contributed by atoms with Gasteiger partial charge in [0.1, 0.15) is 4.21 Å². The number of carbonyl (C=O) groups excluding carboxylic acids is 1. The van der Waals surface area contributed by atoms with Crippen molar-refractivity contribution in [3.05, 3.63) is 47.3 Å². The molecule has 0 radical (unpaired) electrons. The molecule has 1 aliphatic carbocycles. The molecule has 1 aromatic carbocycles. The van der Waals surface area contributed by atoms with Gasteiger partial charge in [-0.05, 0) is 35.4 Å². The fraction of sp³-hybridized carbons (Fsp3) is 0.421. The van der Waals surface area contributed by atoms with E-state index < -0.39 is 10.0 Å². The summed E-state index contributed by atoms with van der Waals surface area (Å²) >= 11 is 1.14. The van der Waals surface area contributed by atoms with Gasteiger partial charge in [-0.25, -0.2) is 8.42 Å². The monoisotopic (exact) mass is 392 g/mol. The number of hydrogen-bond acceptors (Lipinski definition) is 4. The predicted molar refractivity (Wildman–Crippen MR) is 105 cm³/mol. The van der Waals surface area contributed by atoms with Gasteiger partial charge in [-0.3, -0.25) is 9.52 Å². The van der Waals surface area contributed by atoms with Crippen LogP contribution in [-0.2, 0) is 10.0 Å². The first-order valence-electron chi connectivity index (χ1n) is 8.91. The van der Waals surface area contributed by atoms with E-state index in [-0.39, 0.29) is 10.1 Å². The van der Waals surface area contributed by atoms with Crippen LogP contribution in [-0.4, -0.2) is 20.9 Å². The molecule has 0 aliphatic heterocycles. The zero-order valence-corrected chi connectivity index (χ0v) is 16.4. The van der Waals surface area contributed by atoms with Crippen molar-refractivity contribution in [1.82, 2.24) is 5.32 Å². The topological polar surface area (TPSA) is 75.3 Å². The summed E-state index contributed by atoms with van der Waals surface area (Å²) in [7, 11) is -3.68. The van der Waals surface area contributed by atoms with Crippen molar-refractivity contribution in [3.63, 3.8) is 0 Å². The molecule has 26 heavy (non-hydrogen) atoms. The molecule has 2 N–H and O–H groups in total. The van der Waals surface area contributed by atoms with Gasteiger partial charge in [-0.2, -0.15) is 0 Å². The van der Waals surface area contributed by atoms with E-state index in [1.807, 2.05) is 0 Å². The molecule has 0 bridgehead atoms. The Morgan fingerprint density at radius 1 is 1.19 bits per heavy atom. The van der Waals surface area contributed by atoms with Crippen LogP contribution < -0.4 is 10.0 Å². The maximum Gasteiger partial charge on any atom is 0.271 e. The molecule has 3 rings (SSSR count). The molecular formula is C19H24N2O3S2. The molecule has 1 aliphatic rings. The minimum absolute atomic E-state index is 0.225. The van der Waals surface area contributed by atoms with Gasteiger partial charge in [0.05, 0.1) is 11.3 Å². The molecule has 7 heteroatoms. The molecule has 1 amide bonds. The van der Waals surface area contributed by atoms with Gasteiger partial charge < -0.3 is 5.32 Å².